The highest BCUT2D eigenvalue weighted by Crippen LogP contribution is 2.44. The zero-order valence-corrected chi connectivity index (χ0v) is 26.4. The van der Waals surface area contributed by atoms with Crippen LogP contribution in [0, 0.1) is 0 Å². The van der Waals surface area contributed by atoms with Crippen LogP contribution in [0.15, 0.2) is 42.5 Å². The summed E-state index contributed by atoms with van der Waals surface area (Å²) in [6.07, 6.45) is 4.89. The van der Waals surface area contributed by atoms with E-state index in [2.05, 4.69) is 35.3 Å². The SMILES string of the molecule is CC(C)c1ccccc1-c1cc(CC(=O)NS(=O)(=O)C(C)C)ccc1O[C@@H]1CC[C@@H](NC(=O)[C@@]2(F)CNC3(CCC3)C2)C1. The quantitative estimate of drug-likeness (QED) is 0.351. The minimum absolute atomic E-state index is 0.0673. The van der Waals surface area contributed by atoms with Crippen molar-refractivity contribution >= 4 is 21.8 Å². The molecule has 43 heavy (non-hydrogen) atoms. The number of amides is 2. The Morgan fingerprint density at radius 3 is 2.47 bits per heavy atom. The first-order chi connectivity index (χ1) is 20.3. The van der Waals surface area contributed by atoms with Crippen LogP contribution >= 0.6 is 0 Å². The molecule has 0 unspecified atom stereocenters. The first-order valence-corrected chi connectivity index (χ1v) is 17.0. The third-order valence-electron chi connectivity index (χ3n) is 9.25. The predicted molar refractivity (Wildman–Crippen MR) is 165 cm³/mol. The topological polar surface area (TPSA) is 114 Å². The monoisotopic (exact) mass is 613 g/mol. The van der Waals surface area contributed by atoms with Crippen molar-refractivity contribution in [1.29, 1.82) is 0 Å². The van der Waals surface area contributed by atoms with Gasteiger partial charge in [-0.25, -0.2) is 12.8 Å². The van der Waals surface area contributed by atoms with Gasteiger partial charge in [0.05, 0.1) is 11.7 Å². The van der Waals surface area contributed by atoms with Gasteiger partial charge in [0.15, 0.2) is 0 Å². The summed E-state index contributed by atoms with van der Waals surface area (Å²) in [6, 6.07) is 13.4. The fourth-order valence-electron chi connectivity index (χ4n) is 6.52. The number of ether oxygens (including phenoxy) is 1. The minimum atomic E-state index is -3.73. The first kappa shape index (κ1) is 31.4. The second kappa shape index (κ2) is 12.2. The third-order valence-corrected chi connectivity index (χ3v) is 11.0. The van der Waals surface area contributed by atoms with Gasteiger partial charge in [0, 0.05) is 36.5 Å². The lowest BCUT2D eigenvalue weighted by atomic mass is 9.74. The number of carbonyl (C=O) groups excluding carboxylic acids is 2. The molecule has 8 nitrogen and oxygen atoms in total. The van der Waals surface area contributed by atoms with Crippen LogP contribution in [-0.2, 0) is 26.0 Å². The third kappa shape index (κ3) is 6.90. The van der Waals surface area contributed by atoms with Gasteiger partial charge in [-0.15, -0.1) is 0 Å². The molecule has 2 amide bonds. The first-order valence-electron chi connectivity index (χ1n) is 15.5. The van der Waals surface area contributed by atoms with E-state index in [9.17, 15) is 18.0 Å². The number of benzene rings is 2. The molecule has 0 bridgehead atoms. The summed E-state index contributed by atoms with van der Waals surface area (Å²) >= 11 is 0. The Morgan fingerprint density at radius 2 is 1.81 bits per heavy atom. The van der Waals surface area contributed by atoms with Crippen molar-refractivity contribution in [2.45, 2.75) is 114 Å². The summed E-state index contributed by atoms with van der Waals surface area (Å²) in [4.78, 5) is 25.6. The molecule has 3 N–H and O–H groups in total. The van der Waals surface area contributed by atoms with Gasteiger partial charge in [0.2, 0.25) is 21.6 Å². The molecule has 3 fully saturated rings. The van der Waals surface area contributed by atoms with Crippen molar-refractivity contribution in [3.63, 3.8) is 0 Å². The number of rotatable bonds is 10. The molecule has 3 atom stereocenters. The second-order valence-electron chi connectivity index (χ2n) is 13.2. The Morgan fingerprint density at radius 1 is 1.07 bits per heavy atom. The summed E-state index contributed by atoms with van der Waals surface area (Å²) in [7, 11) is -3.73. The van der Waals surface area contributed by atoms with Crippen LogP contribution in [0.25, 0.3) is 11.1 Å². The summed E-state index contributed by atoms with van der Waals surface area (Å²) in [5.74, 6) is -0.234. The lowest BCUT2D eigenvalue weighted by Gasteiger charge is -2.38. The number of hydrogen-bond donors (Lipinski definition) is 3. The number of hydrogen-bond acceptors (Lipinski definition) is 6. The Hall–Kier alpha value is -2.98. The van der Waals surface area contributed by atoms with E-state index in [-0.39, 0.29) is 43.0 Å². The molecule has 1 spiro atoms. The molecule has 0 aromatic heterocycles. The summed E-state index contributed by atoms with van der Waals surface area (Å²) in [5.41, 5.74) is 1.51. The summed E-state index contributed by atoms with van der Waals surface area (Å²) in [6.45, 7) is 7.34. The van der Waals surface area contributed by atoms with Gasteiger partial charge < -0.3 is 15.4 Å². The maximum absolute atomic E-state index is 15.6. The maximum Gasteiger partial charge on any atom is 0.259 e. The molecule has 3 aliphatic rings. The molecule has 1 aliphatic heterocycles. The van der Waals surface area contributed by atoms with Crippen LogP contribution < -0.4 is 20.1 Å². The van der Waals surface area contributed by atoms with E-state index < -0.39 is 32.8 Å². The van der Waals surface area contributed by atoms with Crippen LogP contribution in [0.1, 0.15) is 89.7 Å². The number of nitrogens with one attached hydrogen (secondary N) is 3. The van der Waals surface area contributed by atoms with Crippen LogP contribution in [0.5, 0.6) is 5.75 Å². The van der Waals surface area contributed by atoms with Crippen LogP contribution in [0.4, 0.5) is 4.39 Å². The average Bonchev–Trinajstić information content (AvgIpc) is 3.54. The standard InChI is InChI=1S/C33H44FN3O5S/c1-21(2)26-8-5-6-9-27(26)28-16-23(17-30(38)37-43(40,41)22(3)4)10-13-29(28)42-25-12-11-24(18-25)36-31(39)33(34)19-32(35-20-33)14-7-15-32/h5-6,8-10,13,16,21-22,24-25,35H,7,11-12,14-15,17-20H2,1-4H3,(H,36,39)(H,37,38)/t24-,25-,33+/m1/s1. The molecule has 2 aliphatic carbocycles. The van der Waals surface area contributed by atoms with E-state index in [0.717, 1.165) is 42.4 Å². The molecular formula is C33H44FN3O5S. The summed E-state index contributed by atoms with van der Waals surface area (Å²) in [5, 5.41) is 5.50. The fourth-order valence-corrected chi connectivity index (χ4v) is 7.15. The molecule has 2 aromatic rings. The van der Waals surface area contributed by atoms with Crippen molar-refractivity contribution in [2.24, 2.45) is 0 Å². The van der Waals surface area contributed by atoms with Crippen LogP contribution in [0.3, 0.4) is 0 Å². The van der Waals surface area contributed by atoms with Gasteiger partial charge in [-0.3, -0.25) is 14.3 Å². The molecule has 5 rings (SSSR count). The largest absolute Gasteiger partial charge is 0.490 e. The maximum atomic E-state index is 15.6. The van der Waals surface area contributed by atoms with E-state index in [1.54, 1.807) is 6.07 Å². The number of halogens is 1. The van der Waals surface area contributed by atoms with Gasteiger partial charge in [0.25, 0.3) is 5.91 Å². The zero-order chi connectivity index (χ0) is 31.0. The summed E-state index contributed by atoms with van der Waals surface area (Å²) < 4.78 is 48.7. The predicted octanol–water partition coefficient (Wildman–Crippen LogP) is 4.91. The Labute approximate surface area is 254 Å². The Balaban J connectivity index is 1.31. The van der Waals surface area contributed by atoms with Crippen molar-refractivity contribution in [2.75, 3.05) is 6.54 Å². The van der Waals surface area contributed by atoms with E-state index in [0.29, 0.717) is 24.2 Å². The van der Waals surface area contributed by atoms with Gasteiger partial charge in [-0.1, -0.05) is 44.2 Å². The highest BCUT2D eigenvalue weighted by molar-refractivity contribution is 7.90. The molecule has 0 radical (unpaired) electrons. The van der Waals surface area contributed by atoms with Gasteiger partial charge in [0.1, 0.15) is 11.9 Å². The van der Waals surface area contributed by atoms with Gasteiger partial charge in [-0.2, -0.15) is 0 Å². The van der Waals surface area contributed by atoms with Crippen molar-refractivity contribution in [3.8, 4) is 16.9 Å². The highest BCUT2D eigenvalue weighted by Gasteiger charge is 2.55. The van der Waals surface area contributed by atoms with E-state index in [4.69, 9.17) is 4.74 Å². The minimum Gasteiger partial charge on any atom is -0.490 e. The molecule has 1 heterocycles. The van der Waals surface area contributed by atoms with E-state index in [1.165, 1.54) is 13.8 Å². The molecule has 234 valence electrons. The van der Waals surface area contributed by atoms with E-state index in [1.807, 2.05) is 30.3 Å². The smallest absolute Gasteiger partial charge is 0.259 e. The lowest BCUT2D eigenvalue weighted by molar-refractivity contribution is -0.133. The van der Waals surface area contributed by atoms with Crippen molar-refractivity contribution < 1.29 is 27.1 Å². The fraction of sp³-hybridized carbons (Fsp3) is 0.576. The molecular weight excluding hydrogens is 569 g/mol. The van der Waals surface area contributed by atoms with Crippen LogP contribution in [0.2, 0.25) is 0 Å². The molecule has 1 saturated heterocycles. The molecule has 10 heteroatoms. The Bertz CT molecular complexity index is 1470. The molecule has 2 saturated carbocycles. The zero-order valence-electron chi connectivity index (χ0n) is 25.5. The van der Waals surface area contributed by atoms with Crippen molar-refractivity contribution in [1.82, 2.24) is 15.4 Å². The van der Waals surface area contributed by atoms with Gasteiger partial charge in [-0.05, 0) is 80.7 Å². The lowest BCUT2D eigenvalue weighted by Crippen LogP contribution is -2.49. The normalized spacial score (nSPS) is 24.7. The second-order valence-corrected chi connectivity index (χ2v) is 15.5. The van der Waals surface area contributed by atoms with Crippen LogP contribution in [-0.4, -0.2) is 55.4 Å². The number of alkyl halides is 1. The Kier molecular flexibility index (Phi) is 8.91. The van der Waals surface area contributed by atoms with Gasteiger partial charge >= 0.3 is 0 Å². The highest BCUT2D eigenvalue weighted by atomic mass is 32.2. The average molecular weight is 614 g/mol. The van der Waals surface area contributed by atoms with E-state index >= 15 is 4.39 Å². The number of carbonyl (C=O) groups is 2. The van der Waals surface area contributed by atoms with Crippen molar-refractivity contribution in [3.05, 3.63) is 53.6 Å². The molecule has 2 aromatic carbocycles. The number of sulfonamides is 1.